The fraction of sp³-hybridized carbons (Fsp3) is 0.414. The van der Waals surface area contributed by atoms with Crippen LogP contribution in [-0.4, -0.2) is 81.7 Å². The second-order valence-electron chi connectivity index (χ2n) is 10.8. The van der Waals surface area contributed by atoms with E-state index in [1.807, 2.05) is 0 Å². The molecule has 1 fully saturated rings. The van der Waals surface area contributed by atoms with Crippen molar-refractivity contribution >= 4 is 29.0 Å². The van der Waals surface area contributed by atoms with E-state index in [4.69, 9.17) is 14.2 Å². The first-order chi connectivity index (χ1) is 20.5. The van der Waals surface area contributed by atoms with Crippen LogP contribution in [0.25, 0.3) is 0 Å². The van der Waals surface area contributed by atoms with Crippen LogP contribution in [0, 0.1) is 0 Å². The highest BCUT2D eigenvalue weighted by Crippen LogP contribution is 2.52. The summed E-state index contributed by atoms with van der Waals surface area (Å²) in [5, 5.41) is 35.7. The van der Waals surface area contributed by atoms with Crippen molar-refractivity contribution in [1.82, 2.24) is 5.32 Å². The lowest BCUT2D eigenvalue weighted by atomic mass is 9.72. The summed E-state index contributed by atoms with van der Waals surface area (Å²) < 4.78 is 55.3. The van der Waals surface area contributed by atoms with Crippen molar-refractivity contribution in [2.24, 2.45) is 0 Å². The number of aliphatic hydroxyl groups is 1. The summed E-state index contributed by atoms with van der Waals surface area (Å²) in [7, 11) is 1.26. The average Bonchev–Trinajstić information content (AvgIpc) is 2.94. The molecule has 0 saturated carbocycles. The number of hydrogen-bond acceptors (Lipinski definition) is 11. The lowest BCUT2D eigenvalue weighted by Crippen LogP contribution is -2.55. The van der Waals surface area contributed by atoms with Gasteiger partial charge in [-0.3, -0.25) is 24.0 Å². The molecule has 2 aromatic carbocycles. The third-order valence-electron chi connectivity index (χ3n) is 8.14. The normalized spacial score (nSPS) is 26.4. The van der Waals surface area contributed by atoms with E-state index in [2.05, 4.69) is 0 Å². The van der Waals surface area contributed by atoms with E-state index in [0.29, 0.717) is 0 Å². The van der Waals surface area contributed by atoms with Gasteiger partial charge in [0.15, 0.2) is 23.6 Å². The van der Waals surface area contributed by atoms with Crippen LogP contribution in [0.3, 0.4) is 0 Å². The highest BCUT2D eigenvalue weighted by Gasteiger charge is 2.50. The SMILES string of the molecule is COc1cccc2c1C(=O)c1c(O)c3c(c(O)c1C2=O)CC(O)(C(C)=O)C[C@@H]3OC1CC(NC(=O)C(F)(F)F)C(=O)C(C)O1. The van der Waals surface area contributed by atoms with Crippen molar-refractivity contribution in [1.29, 1.82) is 0 Å². The van der Waals surface area contributed by atoms with Gasteiger partial charge in [-0.25, -0.2) is 0 Å². The van der Waals surface area contributed by atoms with Gasteiger partial charge in [0.2, 0.25) is 5.78 Å². The molecular weight excluding hydrogens is 595 g/mol. The molecule has 1 aliphatic heterocycles. The number of fused-ring (bicyclic) bond motifs is 3. The maximum Gasteiger partial charge on any atom is 0.471 e. The number of ether oxygens (including phenoxy) is 3. The molecular formula is C29H26F3NO11. The Bertz CT molecular complexity index is 1640. The largest absolute Gasteiger partial charge is 0.507 e. The van der Waals surface area contributed by atoms with Gasteiger partial charge in [-0.2, -0.15) is 13.2 Å². The molecule has 0 spiro atoms. The van der Waals surface area contributed by atoms with Crippen LogP contribution in [0.5, 0.6) is 17.2 Å². The van der Waals surface area contributed by atoms with Crippen molar-refractivity contribution in [2.45, 2.75) is 69.4 Å². The van der Waals surface area contributed by atoms with Gasteiger partial charge in [0.05, 0.1) is 35.9 Å². The molecule has 15 heteroatoms. The second kappa shape index (κ2) is 10.7. The Balaban J connectivity index is 1.60. The molecule has 44 heavy (non-hydrogen) atoms. The van der Waals surface area contributed by atoms with Crippen LogP contribution in [-0.2, 0) is 30.3 Å². The van der Waals surface area contributed by atoms with Crippen LogP contribution in [0.1, 0.15) is 75.8 Å². The van der Waals surface area contributed by atoms with Crippen molar-refractivity contribution in [3.05, 3.63) is 51.6 Å². The molecule has 0 bridgehead atoms. The Labute approximate surface area is 246 Å². The summed E-state index contributed by atoms with van der Waals surface area (Å²) in [5.41, 5.74) is -4.25. The van der Waals surface area contributed by atoms with Gasteiger partial charge in [0, 0.05) is 36.0 Å². The molecule has 2 aromatic rings. The van der Waals surface area contributed by atoms with E-state index in [0.717, 1.165) is 6.92 Å². The molecule has 1 amide bonds. The minimum atomic E-state index is -5.29. The number of amides is 1. The maximum absolute atomic E-state index is 13.7. The van der Waals surface area contributed by atoms with Crippen molar-refractivity contribution < 1.29 is 66.7 Å². The zero-order valence-corrected chi connectivity index (χ0v) is 23.4. The predicted octanol–water partition coefficient (Wildman–Crippen LogP) is 1.96. The van der Waals surface area contributed by atoms with Crippen LogP contribution in [0.4, 0.5) is 13.2 Å². The summed E-state index contributed by atoms with van der Waals surface area (Å²) in [5.74, 6) is -7.33. The second-order valence-corrected chi connectivity index (χ2v) is 10.8. The standard InChI is InChI=1S/C29H26F3NO11/c1-10-22(35)14(33-27(40)29(30,31)32)7-17(43-10)44-16-9-28(41,11(2)34)8-13-19(16)26(39)21-20(24(13)37)23(36)12-5-4-6-15(42-3)18(12)25(21)38/h4-6,10,14,16-17,37,39,41H,7-9H2,1-3H3,(H,33,40)/t10?,14?,16-,17?,28?/m0/s1. The zero-order chi connectivity index (χ0) is 32.5. The fourth-order valence-corrected chi connectivity index (χ4v) is 5.89. The Morgan fingerprint density at radius 1 is 1.07 bits per heavy atom. The van der Waals surface area contributed by atoms with E-state index >= 15 is 0 Å². The number of phenolic OH excluding ortho intramolecular Hbond substituents is 2. The number of rotatable bonds is 5. The van der Waals surface area contributed by atoms with Gasteiger partial charge in [-0.05, 0) is 19.9 Å². The molecule has 4 unspecified atom stereocenters. The summed E-state index contributed by atoms with van der Waals surface area (Å²) in [6.07, 6.45) is -11.6. The number of benzene rings is 2. The lowest BCUT2D eigenvalue weighted by Gasteiger charge is -2.41. The van der Waals surface area contributed by atoms with Gasteiger partial charge in [-0.1, -0.05) is 12.1 Å². The number of carbonyl (C=O) groups is 5. The summed E-state index contributed by atoms with van der Waals surface area (Å²) in [6, 6.07) is 2.49. The zero-order valence-electron chi connectivity index (χ0n) is 23.4. The number of hydrogen-bond donors (Lipinski definition) is 4. The first-order valence-electron chi connectivity index (χ1n) is 13.3. The molecule has 5 atom stereocenters. The maximum atomic E-state index is 13.7. The smallest absolute Gasteiger partial charge is 0.471 e. The number of alkyl halides is 3. The summed E-state index contributed by atoms with van der Waals surface area (Å²) in [4.78, 5) is 63.8. The number of halogens is 3. The number of phenols is 2. The molecule has 1 saturated heterocycles. The lowest BCUT2D eigenvalue weighted by molar-refractivity contribution is -0.224. The van der Waals surface area contributed by atoms with Crippen LogP contribution >= 0.6 is 0 Å². The third-order valence-corrected chi connectivity index (χ3v) is 8.14. The molecule has 234 valence electrons. The van der Waals surface area contributed by atoms with Crippen molar-refractivity contribution in [3.8, 4) is 17.2 Å². The van der Waals surface area contributed by atoms with Crippen LogP contribution in [0.2, 0.25) is 0 Å². The van der Waals surface area contributed by atoms with Crippen LogP contribution in [0.15, 0.2) is 18.2 Å². The Morgan fingerprint density at radius 3 is 2.34 bits per heavy atom. The van der Waals surface area contributed by atoms with E-state index in [1.165, 1.54) is 32.2 Å². The Morgan fingerprint density at radius 2 is 1.73 bits per heavy atom. The number of carbonyl (C=O) groups excluding carboxylic acids is 5. The molecule has 5 rings (SSSR count). The van der Waals surface area contributed by atoms with Crippen molar-refractivity contribution in [2.75, 3.05) is 7.11 Å². The minimum absolute atomic E-state index is 0.0167. The quantitative estimate of drug-likeness (QED) is 0.305. The minimum Gasteiger partial charge on any atom is -0.507 e. The Hall–Kier alpha value is -4.34. The van der Waals surface area contributed by atoms with Gasteiger partial charge in [0.25, 0.3) is 0 Å². The third kappa shape index (κ3) is 4.90. The summed E-state index contributed by atoms with van der Waals surface area (Å²) in [6.45, 7) is 2.26. The van der Waals surface area contributed by atoms with Gasteiger partial charge in [-0.15, -0.1) is 0 Å². The number of ketones is 4. The molecule has 0 radical (unpaired) electrons. The van der Waals surface area contributed by atoms with Gasteiger partial charge < -0.3 is 34.8 Å². The first-order valence-corrected chi connectivity index (χ1v) is 13.3. The molecule has 2 aliphatic carbocycles. The monoisotopic (exact) mass is 621 g/mol. The molecule has 3 aliphatic rings. The van der Waals surface area contributed by atoms with Crippen molar-refractivity contribution in [3.63, 3.8) is 0 Å². The van der Waals surface area contributed by atoms with E-state index < -0.39 is 107 Å². The number of nitrogens with one attached hydrogen (secondary N) is 1. The molecule has 12 nitrogen and oxygen atoms in total. The highest BCUT2D eigenvalue weighted by molar-refractivity contribution is 6.31. The number of Topliss-reactive ketones (excluding diaryl/α,β-unsaturated/α-hetero) is 2. The van der Waals surface area contributed by atoms with Gasteiger partial charge >= 0.3 is 12.1 Å². The number of aromatic hydroxyl groups is 2. The topological polar surface area (TPSA) is 186 Å². The first kappa shape index (κ1) is 31.1. The van der Waals surface area contributed by atoms with E-state index in [9.17, 15) is 52.5 Å². The average molecular weight is 622 g/mol. The Kier molecular flexibility index (Phi) is 7.55. The fourth-order valence-electron chi connectivity index (χ4n) is 5.89. The van der Waals surface area contributed by atoms with E-state index in [-0.39, 0.29) is 28.0 Å². The van der Waals surface area contributed by atoms with E-state index in [1.54, 1.807) is 5.32 Å². The summed E-state index contributed by atoms with van der Waals surface area (Å²) >= 11 is 0. The molecule has 0 aromatic heterocycles. The van der Waals surface area contributed by atoms with Gasteiger partial charge in [0.1, 0.15) is 29.0 Å². The van der Waals surface area contributed by atoms with Crippen LogP contribution < -0.4 is 10.1 Å². The molecule has 1 heterocycles. The predicted molar refractivity (Wildman–Crippen MR) is 139 cm³/mol. The number of methoxy groups -OCH3 is 1. The highest BCUT2D eigenvalue weighted by atomic mass is 19.4. The molecule has 4 N–H and O–H groups in total.